The minimum absolute atomic E-state index is 0.106. The molecule has 0 saturated carbocycles. The van der Waals surface area contributed by atoms with E-state index in [0.29, 0.717) is 0 Å². The first-order chi connectivity index (χ1) is 6.25. The maximum absolute atomic E-state index is 5.79. The van der Waals surface area contributed by atoms with Crippen LogP contribution >= 0.6 is 0 Å². The summed E-state index contributed by atoms with van der Waals surface area (Å²) in [4.78, 5) is 0. The van der Waals surface area contributed by atoms with E-state index in [1.165, 1.54) is 0 Å². The van der Waals surface area contributed by atoms with E-state index in [-0.39, 0.29) is 6.04 Å². The molecule has 3 N–H and O–H groups in total. The van der Waals surface area contributed by atoms with Gasteiger partial charge in [-0.05, 0) is 18.6 Å². The van der Waals surface area contributed by atoms with Crippen molar-refractivity contribution in [3.8, 4) is 0 Å². The normalized spacial score (nSPS) is 22.9. The Balaban J connectivity index is 2.25. The van der Waals surface area contributed by atoms with E-state index < -0.39 is 0 Å². The third-order valence-electron chi connectivity index (χ3n) is 2.16. The van der Waals surface area contributed by atoms with Gasteiger partial charge in [0.05, 0.1) is 6.26 Å². The topological polar surface area (TPSA) is 51.2 Å². The van der Waals surface area contributed by atoms with Crippen molar-refractivity contribution in [1.82, 2.24) is 5.32 Å². The Kier molecular flexibility index (Phi) is 2.20. The highest BCUT2D eigenvalue weighted by atomic mass is 16.3. The van der Waals surface area contributed by atoms with Gasteiger partial charge in [0.15, 0.2) is 0 Å². The molecule has 0 amide bonds. The van der Waals surface area contributed by atoms with Gasteiger partial charge in [0.1, 0.15) is 5.76 Å². The third kappa shape index (κ3) is 1.82. The van der Waals surface area contributed by atoms with Crippen molar-refractivity contribution in [1.29, 1.82) is 0 Å². The van der Waals surface area contributed by atoms with Gasteiger partial charge in [-0.15, -0.1) is 0 Å². The average Bonchev–Trinajstić information content (AvgIpc) is 2.52. The van der Waals surface area contributed by atoms with Crippen molar-refractivity contribution in [2.75, 3.05) is 13.1 Å². The predicted octanol–water partition coefficient (Wildman–Crippen LogP) is 0.902. The Morgan fingerprint density at radius 1 is 1.62 bits per heavy atom. The van der Waals surface area contributed by atoms with Crippen LogP contribution in [0.1, 0.15) is 11.3 Å². The molecule has 0 bridgehead atoms. The van der Waals surface area contributed by atoms with E-state index in [1.54, 1.807) is 6.26 Å². The molecule has 1 aromatic heterocycles. The molecule has 70 valence electrons. The van der Waals surface area contributed by atoms with Crippen LogP contribution < -0.4 is 11.1 Å². The lowest BCUT2D eigenvalue weighted by Crippen LogP contribution is -2.37. The molecular formula is C10H14N2O. The minimum Gasteiger partial charge on any atom is -0.464 e. The summed E-state index contributed by atoms with van der Waals surface area (Å²) in [6, 6.07) is 2.14. The van der Waals surface area contributed by atoms with Crippen LogP contribution in [0.3, 0.4) is 0 Å². The summed E-state index contributed by atoms with van der Waals surface area (Å²) in [5.41, 5.74) is 8.10. The van der Waals surface area contributed by atoms with Gasteiger partial charge < -0.3 is 15.5 Å². The van der Waals surface area contributed by atoms with Crippen molar-refractivity contribution in [3.05, 3.63) is 29.7 Å². The Labute approximate surface area is 77.6 Å². The maximum Gasteiger partial charge on any atom is 0.131 e. The van der Waals surface area contributed by atoms with Crippen LogP contribution in [0.15, 0.2) is 22.8 Å². The van der Waals surface area contributed by atoms with Gasteiger partial charge >= 0.3 is 0 Å². The van der Waals surface area contributed by atoms with E-state index >= 15 is 0 Å². The van der Waals surface area contributed by atoms with Crippen LogP contribution in [0, 0.1) is 6.92 Å². The maximum atomic E-state index is 5.79. The lowest BCUT2D eigenvalue weighted by atomic mass is 10.1. The quantitative estimate of drug-likeness (QED) is 0.671. The Morgan fingerprint density at radius 3 is 3.08 bits per heavy atom. The number of rotatable bonds is 1. The van der Waals surface area contributed by atoms with Crippen LogP contribution in [-0.4, -0.2) is 19.1 Å². The molecule has 2 rings (SSSR count). The summed E-state index contributed by atoms with van der Waals surface area (Å²) in [7, 11) is 0. The molecule has 2 heterocycles. The molecule has 1 atom stereocenters. The second kappa shape index (κ2) is 3.36. The second-order valence-corrected chi connectivity index (χ2v) is 3.47. The summed E-state index contributed by atoms with van der Waals surface area (Å²) < 4.78 is 5.39. The lowest BCUT2D eigenvalue weighted by molar-refractivity contribution is 0.542. The van der Waals surface area contributed by atoms with Gasteiger partial charge in [0.2, 0.25) is 0 Å². The first-order valence-corrected chi connectivity index (χ1v) is 4.48. The molecule has 0 aliphatic carbocycles. The Morgan fingerprint density at radius 2 is 2.46 bits per heavy atom. The zero-order chi connectivity index (χ0) is 9.26. The number of aryl methyl sites for hydroxylation is 1. The molecule has 1 aromatic rings. The minimum atomic E-state index is 0.106. The van der Waals surface area contributed by atoms with E-state index in [9.17, 15) is 0 Å². The highest BCUT2D eigenvalue weighted by Gasteiger charge is 2.12. The van der Waals surface area contributed by atoms with Crippen LogP contribution in [0.25, 0.3) is 5.57 Å². The highest BCUT2D eigenvalue weighted by Crippen LogP contribution is 2.18. The van der Waals surface area contributed by atoms with Gasteiger partial charge in [0.25, 0.3) is 0 Å². The number of nitrogens with two attached hydrogens (primary N) is 1. The smallest absolute Gasteiger partial charge is 0.131 e. The lowest BCUT2D eigenvalue weighted by Gasteiger charge is -2.17. The van der Waals surface area contributed by atoms with Crippen molar-refractivity contribution in [2.24, 2.45) is 5.73 Å². The second-order valence-electron chi connectivity index (χ2n) is 3.47. The van der Waals surface area contributed by atoms with Gasteiger partial charge in [-0.3, -0.25) is 0 Å². The van der Waals surface area contributed by atoms with Crippen LogP contribution in [0.4, 0.5) is 0 Å². The van der Waals surface area contributed by atoms with E-state index in [4.69, 9.17) is 10.2 Å². The van der Waals surface area contributed by atoms with Crippen molar-refractivity contribution < 1.29 is 4.42 Å². The van der Waals surface area contributed by atoms with Crippen LogP contribution in [-0.2, 0) is 0 Å². The van der Waals surface area contributed by atoms with Crippen molar-refractivity contribution >= 4 is 5.57 Å². The largest absolute Gasteiger partial charge is 0.464 e. The molecule has 3 nitrogen and oxygen atoms in total. The SMILES string of the molecule is Cc1coc(C2=CC(N)CNC2)c1. The fourth-order valence-corrected chi connectivity index (χ4v) is 1.52. The van der Waals surface area contributed by atoms with Crippen LogP contribution in [0.5, 0.6) is 0 Å². The van der Waals surface area contributed by atoms with Crippen molar-refractivity contribution in [3.63, 3.8) is 0 Å². The molecule has 0 fully saturated rings. The predicted molar refractivity (Wildman–Crippen MR) is 52.3 cm³/mol. The summed E-state index contributed by atoms with van der Waals surface area (Å²) in [6.07, 6.45) is 3.82. The zero-order valence-electron chi connectivity index (χ0n) is 7.71. The highest BCUT2D eigenvalue weighted by molar-refractivity contribution is 5.64. The van der Waals surface area contributed by atoms with Gasteiger partial charge in [-0.25, -0.2) is 0 Å². The summed E-state index contributed by atoms with van der Waals surface area (Å²) in [6.45, 7) is 3.72. The fraction of sp³-hybridized carbons (Fsp3) is 0.400. The van der Waals surface area contributed by atoms with E-state index in [2.05, 4.69) is 11.4 Å². The number of hydrogen-bond donors (Lipinski definition) is 2. The van der Waals surface area contributed by atoms with Crippen LogP contribution in [0.2, 0.25) is 0 Å². The Bertz CT molecular complexity index is 327. The number of nitrogens with one attached hydrogen (secondary N) is 1. The molecule has 1 aliphatic heterocycles. The molecule has 1 unspecified atom stereocenters. The molecule has 0 radical (unpaired) electrons. The monoisotopic (exact) mass is 178 g/mol. The average molecular weight is 178 g/mol. The zero-order valence-corrected chi connectivity index (χ0v) is 7.71. The summed E-state index contributed by atoms with van der Waals surface area (Å²) >= 11 is 0. The molecule has 3 heteroatoms. The first-order valence-electron chi connectivity index (χ1n) is 4.48. The first kappa shape index (κ1) is 8.53. The molecule has 1 aliphatic rings. The summed E-state index contributed by atoms with van der Waals surface area (Å²) in [5, 5.41) is 3.24. The molecule has 0 aromatic carbocycles. The number of furan rings is 1. The standard InChI is InChI=1S/C10H14N2O/c1-7-2-10(13-6-7)8-3-9(11)5-12-4-8/h2-3,6,9,12H,4-5,11H2,1H3. The number of hydrogen-bond acceptors (Lipinski definition) is 3. The van der Waals surface area contributed by atoms with Gasteiger partial charge in [0, 0.05) is 24.7 Å². The van der Waals surface area contributed by atoms with E-state index in [1.807, 2.05) is 13.0 Å². The van der Waals surface area contributed by atoms with Gasteiger partial charge in [-0.1, -0.05) is 6.08 Å². The molecule has 13 heavy (non-hydrogen) atoms. The summed E-state index contributed by atoms with van der Waals surface area (Å²) in [5.74, 6) is 0.931. The fourth-order valence-electron chi connectivity index (χ4n) is 1.52. The van der Waals surface area contributed by atoms with Crippen molar-refractivity contribution in [2.45, 2.75) is 13.0 Å². The third-order valence-corrected chi connectivity index (χ3v) is 2.16. The van der Waals surface area contributed by atoms with E-state index in [0.717, 1.165) is 30.0 Å². The van der Waals surface area contributed by atoms with Gasteiger partial charge in [-0.2, -0.15) is 0 Å². The molecule has 0 saturated heterocycles. The molecule has 0 spiro atoms. The Hall–Kier alpha value is -1.06. The molecular weight excluding hydrogens is 164 g/mol.